The van der Waals surface area contributed by atoms with Crippen molar-refractivity contribution in [1.29, 1.82) is 0 Å². The lowest BCUT2D eigenvalue weighted by atomic mass is 10.0. The Balaban J connectivity index is 1.57. The molecule has 0 atom stereocenters. The minimum absolute atomic E-state index is 0.851. The summed E-state index contributed by atoms with van der Waals surface area (Å²) in [6.07, 6.45) is 28.3. The number of hydrogen-bond donors (Lipinski definition) is 0. The van der Waals surface area contributed by atoms with E-state index in [2.05, 4.69) is 55.0 Å². The maximum Gasteiger partial charge on any atom is 0.159 e. The second-order valence-electron chi connectivity index (χ2n) is 10.7. The highest BCUT2D eigenvalue weighted by Crippen LogP contribution is 2.18. The lowest BCUT2D eigenvalue weighted by molar-refractivity contribution is 0.509. The average molecular weight is 465 g/mol. The van der Waals surface area contributed by atoms with Crippen LogP contribution in [0.3, 0.4) is 0 Å². The van der Waals surface area contributed by atoms with Crippen LogP contribution in [0, 0.1) is 5.92 Å². The normalized spacial score (nSPS) is 11.4. The van der Waals surface area contributed by atoms with Crippen molar-refractivity contribution >= 4 is 0 Å². The van der Waals surface area contributed by atoms with Crippen molar-refractivity contribution in [2.75, 3.05) is 0 Å². The Morgan fingerprint density at radius 2 is 1.03 bits per heavy atom. The van der Waals surface area contributed by atoms with Crippen LogP contribution in [0.15, 0.2) is 36.7 Å². The lowest BCUT2D eigenvalue weighted by Gasteiger charge is -2.06. The van der Waals surface area contributed by atoms with Crippen molar-refractivity contribution < 1.29 is 0 Å². The molecule has 0 saturated carbocycles. The smallest absolute Gasteiger partial charge is 0.159 e. The van der Waals surface area contributed by atoms with Gasteiger partial charge >= 0.3 is 0 Å². The molecule has 2 rings (SSSR count). The Hall–Kier alpha value is -1.70. The minimum atomic E-state index is 0.851. The van der Waals surface area contributed by atoms with Gasteiger partial charge in [0.15, 0.2) is 5.82 Å². The maximum absolute atomic E-state index is 4.65. The summed E-state index contributed by atoms with van der Waals surface area (Å²) >= 11 is 0. The first kappa shape index (κ1) is 28.5. The second-order valence-corrected chi connectivity index (χ2v) is 10.7. The number of benzene rings is 1. The van der Waals surface area contributed by atoms with Crippen LogP contribution in [-0.2, 0) is 12.8 Å². The molecule has 0 aliphatic rings. The molecule has 0 amide bonds. The average Bonchev–Trinajstić information content (AvgIpc) is 2.85. The Morgan fingerprint density at radius 1 is 0.559 bits per heavy atom. The van der Waals surface area contributed by atoms with E-state index in [0.717, 1.165) is 23.7 Å². The van der Waals surface area contributed by atoms with E-state index in [9.17, 15) is 0 Å². The topological polar surface area (TPSA) is 25.8 Å². The zero-order valence-electron chi connectivity index (χ0n) is 22.7. The predicted octanol–water partition coefficient (Wildman–Crippen LogP) is 10.1. The van der Waals surface area contributed by atoms with Crippen LogP contribution < -0.4 is 0 Å². The summed E-state index contributed by atoms with van der Waals surface area (Å²) < 4.78 is 0. The summed E-state index contributed by atoms with van der Waals surface area (Å²) in [5.74, 6) is 1.71. The molecule has 190 valence electrons. The van der Waals surface area contributed by atoms with E-state index in [4.69, 9.17) is 0 Å². The molecule has 0 aliphatic heterocycles. The fourth-order valence-electron chi connectivity index (χ4n) is 4.68. The third-order valence-corrected chi connectivity index (χ3v) is 6.98. The molecule has 0 fully saturated rings. The number of aryl methyl sites for hydroxylation is 2. The molecule has 2 nitrogen and oxygen atoms in total. The molecular weight excluding hydrogens is 412 g/mol. The fraction of sp³-hybridized carbons (Fsp3) is 0.688. The molecule has 1 heterocycles. The van der Waals surface area contributed by atoms with Gasteiger partial charge in [-0.15, -0.1) is 0 Å². The number of aromatic nitrogens is 2. The highest BCUT2D eigenvalue weighted by Gasteiger charge is 2.03. The van der Waals surface area contributed by atoms with Crippen molar-refractivity contribution in [1.82, 2.24) is 9.97 Å². The lowest BCUT2D eigenvalue weighted by Crippen LogP contribution is -1.94. The van der Waals surface area contributed by atoms with Gasteiger partial charge in [-0.05, 0) is 42.7 Å². The number of unbranched alkanes of at least 4 members (excludes halogenated alkanes) is 13. The quantitative estimate of drug-likeness (QED) is 0.182. The van der Waals surface area contributed by atoms with Gasteiger partial charge in [-0.2, -0.15) is 0 Å². The number of nitrogens with zero attached hydrogens (tertiary/aromatic N) is 2. The van der Waals surface area contributed by atoms with Gasteiger partial charge < -0.3 is 0 Å². The molecule has 1 aromatic carbocycles. The van der Waals surface area contributed by atoms with Gasteiger partial charge in [0.05, 0.1) is 0 Å². The zero-order valence-corrected chi connectivity index (χ0v) is 22.7. The standard InChI is InChI=1S/C32H52N2/c1-4-5-6-7-8-11-14-17-20-29-22-24-31(25-23-29)32-33-26-30(27-34-32)21-18-15-12-9-10-13-16-19-28(2)3/h22-28H,4-21H2,1-3H3. The van der Waals surface area contributed by atoms with Crippen LogP contribution >= 0.6 is 0 Å². The third-order valence-electron chi connectivity index (χ3n) is 6.98. The van der Waals surface area contributed by atoms with Crippen molar-refractivity contribution in [3.63, 3.8) is 0 Å². The molecule has 2 heteroatoms. The SMILES string of the molecule is CCCCCCCCCCc1ccc(-c2ncc(CCCCCCCCCC(C)C)cn2)cc1. The molecule has 2 aromatic rings. The fourth-order valence-corrected chi connectivity index (χ4v) is 4.68. The Bertz CT molecular complexity index is 718. The van der Waals surface area contributed by atoms with E-state index < -0.39 is 0 Å². The summed E-state index contributed by atoms with van der Waals surface area (Å²) in [4.78, 5) is 9.30. The first-order chi connectivity index (χ1) is 16.7. The van der Waals surface area contributed by atoms with E-state index in [1.54, 1.807) is 0 Å². The summed E-state index contributed by atoms with van der Waals surface area (Å²) in [5, 5.41) is 0. The molecule has 0 bridgehead atoms. The van der Waals surface area contributed by atoms with E-state index in [0.29, 0.717) is 0 Å². The van der Waals surface area contributed by atoms with Crippen molar-refractivity contribution in [2.24, 2.45) is 5.92 Å². The molecule has 1 aromatic heterocycles. The van der Waals surface area contributed by atoms with Crippen LogP contribution in [0.4, 0.5) is 0 Å². The highest BCUT2D eigenvalue weighted by atomic mass is 14.9. The second kappa shape index (κ2) is 18.6. The molecule has 34 heavy (non-hydrogen) atoms. The Labute approximate surface area is 211 Å². The summed E-state index contributed by atoms with van der Waals surface area (Å²) in [6, 6.07) is 8.90. The predicted molar refractivity (Wildman–Crippen MR) is 149 cm³/mol. The monoisotopic (exact) mass is 464 g/mol. The molecular formula is C32H52N2. The number of hydrogen-bond acceptors (Lipinski definition) is 2. The maximum atomic E-state index is 4.65. The van der Waals surface area contributed by atoms with Gasteiger partial charge in [-0.1, -0.05) is 135 Å². The molecule has 0 radical (unpaired) electrons. The van der Waals surface area contributed by atoms with Gasteiger partial charge in [-0.25, -0.2) is 9.97 Å². The van der Waals surface area contributed by atoms with Crippen LogP contribution in [0.2, 0.25) is 0 Å². The summed E-state index contributed by atoms with van der Waals surface area (Å²) in [6.45, 7) is 6.93. The van der Waals surface area contributed by atoms with E-state index in [1.807, 2.05) is 12.4 Å². The summed E-state index contributed by atoms with van der Waals surface area (Å²) in [7, 11) is 0. The molecule has 0 aliphatic carbocycles. The Kier molecular flexibility index (Phi) is 15.6. The van der Waals surface area contributed by atoms with Gasteiger partial charge in [0.2, 0.25) is 0 Å². The first-order valence-corrected chi connectivity index (χ1v) is 14.6. The van der Waals surface area contributed by atoms with Gasteiger partial charge in [0, 0.05) is 18.0 Å². The van der Waals surface area contributed by atoms with E-state index >= 15 is 0 Å². The molecule has 0 unspecified atom stereocenters. The molecule has 0 saturated heterocycles. The zero-order chi connectivity index (χ0) is 24.3. The van der Waals surface area contributed by atoms with Gasteiger partial charge in [0.1, 0.15) is 0 Å². The van der Waals surface area contributed by atoms with Crippen molar-refractivity contribution in [3.8, 4) is 11.4 Å². The summed E-state index contributed by atoms with van der Waals surface area (Å²) in [5.41, 5.74) is 3.84. The Morgan fingerprint density at radius 3 is 1.56 bits per heavy atom. The van der Waals surface area contributed by atoms with E-state index in [1.165, 1.54) is 120 Å². The number of rotatable bonds is 20. The molecule has 0 spiro atoms. The van der Waals surface area contributed by atoms with Gasteiger partial charge in [0.25, 0.3) is 0 Å². The van der Waals surface area contributed by atoms with Crippen molar-refractivity contribution in [3.05, 3.63) is 47.8 Å². The largest absolute Gasteiger partial charge is 0.236 e. The van der Waals surface area contributed by atoms with Gasteiger partial charge in [-0.3, -0.25) is 0 Å². The van der Waals surface area contributed by atoms with Crippen LogP contribution in [-0.4, -0.2) is 9.97 Å². The van der Waals surface area contributed by atoms with Crippen molar-refractivity contribution in [2.45, 2.75) is 136 Å². The third kappa shape index (κ3) is 13.3. The van der Waals surface area contributed by atoms with Crippen LogP contribution in [0.5, 0.6) is 0 Å². The minimum Gasteiger partial charge on any atom is -0.236 e. The van der Waals surface area contributed by atoms with Crippen LogP contribution in [0.25, 0.3) is 11.4 Å². The first-order valence-electron chi connectivity index (χ1n) is 14.6. The van der Waals surface area contributed by atoms with Crippen LogP contribution in [0.1, 0.15) is 135 Å². The highest BCUT2D eigenvalue weighted by molar-refractivity contribution is 5.55. The van der Waals surface area contributed by atoms with E-state index in [-0.39, 0.29) is 0 Å². The molecule has 0 N–H and O–H groups in total.